The lowest BCUT2D eigenvalue weighted by Crippen LogP contribution is -2.58. The van der Waals surface area contributed by atoms with Gasteiger partial charge in [0.05, 0.1) is 5.56 Å². The number of aliphatic hydroxyl groups is 4. The van der Waals surface area contributed by atoms with Crippen molar-refractivity contribution in [2.75, 3.05) is 6.61 Å². The number of esters is 1. The molecule has 0 unspecified atom stereocenters. The topological polar surface area (TPSA) is 116 Å². The SMILES string of the molecule is O=C(OC[C@H]1O[C@@H](O)[C@H](O)[C@@H](O)[C@@H]1O)c1ccccc1. The van der Waals surface area contributed by atoms with E-state index < -0.39 is 36.7 Å². The van der Waals surface area contributed by atoms with Crippen molar-refractivity contribution >= 4 is 5.97 Å². The summed E-state index contributed by atoms with van der Waals surface area (Å²) < 4.78 is 9.83. The van der Waals surface area contributed by atoms with Crippen LogP contribution in [0.25, 0.3) is 0 Å². The van der Waals surface area contributed by atoms with Crippen LogP contribution in [0.3, 0.4) is 0 Å². The Hall–Kier alpha value is -1.51. The molecule has 110 valence electrons. The van der Waals surface area contributed by atoms with Crippen LogP contribution in [0.2, 0.25) is 0 Å². The van der Waals surface area contributed by atoms with E-state index >= 15 is 0 Å². The Morgan fingerprint density at radius 2 is 1.70 bits per heavy atom. The number of aliphatic hydroxyl groups excluding tert-OH is 4. The first kappa shape index (κ1) is 14.9. The Morgan fingerprint density at radius 1 is 1.05 bits per heavy atom. The summed E-state index contributed by atoms with van der Waals surface area (Å²) in [7, 11) is 0. The molecule has 1 aliphatic rings. The zero-order chi connectivity index (χ0) is 14.7. The van der Waals surface area contributed by atoms with E-state index in [4.69, 9.17) is 9.47 Å². The summed E-state index contributed by atoms with van der Waals surface area (Å²) in [4.78, 5) is 11.7. The molecule has 0 radical (unpaired) electrons. The Labute approximate surface area is 115 Å². The number of ether oxygens (including phenoxy) is 2. The molecule has 1 saturated heterocycles. The van der Waals surface area contributed by atoms with Crippen molar-refractivity contribution in [1.82, 2.24) is 0 Å². The molecule has 0 saturated carbocycles. The molecule has 20 heavy (non-hydrogen) atoms. The highest BCUT2D eigenvalue weighted by Gasteiger charge is 2.43. The van der Waals surface area contributed by atoms with E-state index in [1.165, 1.54) is 0 Å². The van der Waals surface area contributed by atoms with Crippen molar-refractivity contribution in [2.45, 2.75) is 30.7 Å². The molecule has 0 amide bonds. The van der Waals surface area contributed by atoms with Crippen molar-refractivity contribution in [3.63, 3.8) is 0 Å². The van der Waals surface area contributed by atoms with Gasteiger partial charge in [-0.3, -0.25) is 0 Å². The van der Waals surface area contributed by atoms with Crippen molar-refractivity contribution in [3.8, 4) is 0 Å². The molecule has 4 N–H and O–H groups in total. The predicted molar refractivity (Wildman–Crippen MR) is 65.6 cm³/mol. The van der Waals surface area contributed by atoms with Gasteiger partial charge in [0.2, 0.25) is 0 Å². The second kappa shape index (κ2) is 6.29. The van der Waals surface area contributed by atoms with Gasteiger partial charge < -0.3 is 29.9 Å². The molecule has 7 heteroatoms. The second-order valence-electron chi connectivity index (χ2n) is 4.50. The van der Waals surface area contributed by atoms with Crippen molar-refractivity contribution in [2.24, 2.45) is 0 Å². The molecule has 2 rings (SSSR count). The highest BCUT2D eigenvalue weighted by Crippen LogP contribution is 2.20. The van der Waals surface area contributed by atoms with Crippen LogP contribution in [0, 0.1) is 0 Å². The Bertz CT molecular complexity index is 449. The smallest absolute Gasteiger partial charge is 0.338 e. The maximum atomic E-state index is 11.7. The number of rotatable bonds is 3. The van der Waals surface area contributed by atoms with Crippen LogP contribution in [0.4, 0.5) is 0 Å². The number of hydrogen-bond acceptors (Lipinski definition) is 7. The van der Waals surface area contributed by atoms with Gasteiger partial charge in [-0.25, -0.2) is 4.79 Å². The second-order valence-corrected chi connectivity index (χ2v) is 4.50. The van der Waals surface area contributed by atoms with Crippen LogP contribution in [0.5, 0.6) is 0 Å². The molecule has 7 nitrogen and oxygen atoms in total. The van der Waals surface area contributed by atoms with Gasteiger partial charge in [-0.15, -0.1) is 0 Å². The quantitative estimate of drug-likeness (QED) is 0.507. The van der Waals surface area contributed by atoms with E-state index in [9.17, 15) is 25.2 Å². The van der Waals surface area contributed by atoms with Gasteiger partial charge in [-0.1, -0.05) is 18.2 Å². The van der Waals surface area contributed by atoms with Crippen LogP contribution in [0.1, 0.15) is 10.4 Å². The summed E-state index contributed by atoms with van der Waals surface area (Å²) in [5.41, 5.74) is 0.332. The molecule has 1 heterocycles. The average Bonchev–Trinajstić information content (AvgIpc) is 2.48. The summed E-state index contributed by atoms with van der Waals surface area (Å²) >= 11 is 0. The van der Waals surface area contributed by atoms with Crippen LogP contribution in [-0.4, -0.2) is 63.7 Å². The molecule has 0 spiro atoms. The fourth-order valence-corrected chi connectivity index (χ4v) is 1.88. The highest BCUT2D eigenvalue weighted by molar-refractivity contribution is 5.89. The van der Waals surface area contributed by atoms with Gasteiger partial charge in [0.15, 0.2) is 6.29 Å². The zero-order valence-electron chi connectivity index (χ0n) is 10.5. The number of carbonyl (C=O) groups is 1. The normalized spacial score (nSPS) is 33.7. The summed E-state index contributed by atoms with van der Waals surface area (Å²) in [5.74, 6) is -0.614. The van der Waals surface area contributed by atoms with E-state index in [1.54, 1.807) is 30.3 Å². The Morgan fingerprint density at radius 3 is 2.35 bits per heavy atom. The summed E-state index contributed by atoms with van der Waals surface area (Å²) in [6.07, 6.45) is -7.40. The minimum absolute atomic E-state index is 0.332. The van der Waals surface area contributed by atoms with Gasteiger partial charge in [0.1, 0.15) is 31.0 Å². The molecular formula is C13H16O7. The van der Waals surface area contributed by atoms with E-state index in [2.05, 4.69) is 0 Å². The van der Waals surface area contributed by atoms with Gasteiger partial charge in [0, 0.05) is 0 Å². The van der Waals surface area contributed by atoms with Crippen molar-refractivity contribution < 1.29 is 34.7 Å². The van der Waals surface area contributed by atoms with Crippen molar-refractivity contribution in [3.05, 3.63) is 35.9 Å². The maximum Gasteiger partial charge on any atom is 0.338 e. The van der Waals surface area contributed by atoms with E-state index in [-0.39, 0.29) is 6.61 Å². The minimum Gasteiger partial charge on any atom is -0.459 e. The van der Waals surface area contributed by atoms with Gasteiger partial charge in [0.25, 0.3) is 0 Å². The highest BCUT2D eigenvalue weighted by atomic mass is 16.6. The Balaban J connectivity index is 1.92. The third-order valence-electron chi connectivity index (χ3n) is 3.08. The average molecular weight is 284 g/mol. The van der Waals surface area contributed by atoms with Crippen LogP contribution >= 0.6 is 0 Å². The summed E-state index contributed by atoms with van der Waals surface area (Å²) in [5, 5.41) is 37.8. The number of hydrogen-bond donors (Lipinski definition) is 4. The zero-order valence-corrected chi connectivity index (χ0v) is 10.5. The molecule has 0 bridgehead atoms. The number of carbonyl (C=O) groups excluding carboxylic acids is 1. The molecule has 1 fully saturated rings. The van der Waals surface area contributed by atoms with Gasteiger partial charge in [-0.2, -0.15) is 0 Å². The number of benzene rings is 1. The van der Waals surface area contributed by atoms with Gasteiger partial charge >= 0.3 is 5.97 Å². The molecule has 0 aromatic heterocycles. The monoisotopic (exact) mass is 284 g/mol. The van der Waals surface area contributed by atoms with Crippen LogP contribution in [-0.2, 0) is 9.47 Å². The van der Waals surface area contributed by atoms with Crippen LogP contribution < -0.4 is 0 Å². The summed E-state index contributed by atoms with van der Waals surface area (Å²) in [6, 6.07) is 8.22. The largest absolute Gasteiger partial charge is 0.459 e. The standard InChI is InChI=1S/C13H16O7/c14-9-8(20-13(18)11(16)10(9)15)6-19-12(17)7-4-2-1-3-5-7/h1-5,8-11,13-16,18H,6H2/t8-,9-,10+,11-,13-/m1/s1. The van der Waals surface area contributed by atoms with Crippen molar-refractivity contribution in [1.29, 1.82) is 0 Å². The lowest BCUT2D eigenvalue weighted by molar-refractivity contribution is -0.286. The molecule has 1 aliphatic heterocycles. The molecular weight excluding hydrogens is 268 g/mol. The molecule has 1 aromatic rings. The first-order valence-electron chi connectivity index (χ1n) is 6.10. The third-order valence-corrected chi connectivity index (χ3v) is 3.08. The maximum absolute atomic E-state index is 11.7. The van der Waals surface area contributed by atoms with E-state index in [0.29, 0.717) is 5.56 Å². The lowest BCUT2D eigenvalue weighted by atomic mass is 9.99. The molecule has 5 atom stereocenters. The first-order chi connectivity index (χ1) is 9.50. The Kier molecular flexibility index (Phi) is 4.69. The predicted octanol–water partition coefficient (Wildman–Crippen LogP) is -1.36. The summed E-state index contributed by atoms with van der Waals surface area (Å²) in [6.45, 7) is -0.351. The fraction of sp³-hybridized carbons (Fsp3) is 0.462. The molecule has 1 aromatic carbocycles. The van der Waals surface area contributed by atoms with Gasteiger partial charge in [-0.05, 0) is 12.1 Å². The minimum atomic E-state index is -1.64. The first-order valence-corrected chi connectivity index (χ1v) is 6.10. The molecule has 0 aliphatic carbocycles. The lowest BCUT2D eigenvalue weighted by Gasteiger charge is -2.37. The van der Waals surface area contributed by atoms with E-state index in [0.717, 1.165) is 0 Å². The fourth-order valence-electron chi connectivity index (χ4n) is 1.88. The van der Waals surface area contributed by atoms with E-state index in [1.807, 2.05) is 0 Å². The third kappa shape index (κ3) is 3.14. The van der Waals surface area contributed by atoms with Crippen LogP contribution in [0.15, 0.2) is 30.3 Å².